The van der Waals surface area contributed by atoms with Gasteiger partial charge in [0, 0.05) is 41.0 Å². The Morgan fingerprint density at radius 1 is 0.967 bits per heavy atom. The van der Waals surface area contributed by atoms with E-state index in [0.717, 1.165) is 47.8 Å². The van der Waals surface area contributed by atoms with Crippen LogP contribution in [0.4, 0.5) is 11.4 Å². The SMILES string of the molecule is Cc1ccccc1COc1ccc(Br)cc1CNc1ccc(N2CCOCC2)cc1. The van der Waals surface area contributed by atoms with Crippen molar-refractivity contribution < 1.29 is 9.47 Å². The molecule has 0 aliphatic carbocycles. The summed E-state index contributed by atoms with van der Waals surface area (Å²) in [6.07, 6.45) is 0. The van der Waals surface area contributed by atoms with Crippen LogP contribution in [-0.4, -0.2) is 26.3 Å². The lowest BCUT2D eigenvalue weighted by atomic mass is 10.1. The van der Waals surface area contributed by atoms with Crippen molar-refractivity contribution in [3.63, 3.8) is 0 Å². The van der Waals surface area contributed by atoms with Crippen molar-refractivity contribution >= 4 is 27.3 Å². The van der Waals surface area contributed by atoms with E-state index >= 15 is 0 Å². The second kappa shape index (κ2) is 10.0. The molecular weight excluding hydrogens is 440 g/mol. The van der Waals surface area contributed by atoms with Gasteiger partial charge >= 0.3 is 0 Å². The fourth-order valence-electron chi connectivity index (χ4n) is 3.56. The Morgan fingerprint density at radius 2 is 1.73 bits per heavy atom. The summed E-state index contributed by atoms with van der Waals surface area (Å²) in [6.45, 7) is 6.87. The van der Waals surface area contributed by atoms with E-state index < -0.39 is 0 Å². The Morgan fingerprint density at radius 3 is 2.50 bits per heavy atom. The highest BCUT2D eigenvalue weighted by atomic mass is 79.9. The normalized spacial score (nSPS) is 13.9. The van der Waals surface area contributed by atoms with Crippen LogP contribution in [0, 0.1) is 6.92 Å². The summed E-state index contributed by atoms with van der Waals surface area (Å²) in [5.41, 5.74) is 5.91. The van der Waals surface area contributed by atoms with Gasteiger partial charge in [-0.2, -0.15) is 0 Å². The first-order valence-corrected chi connectivity index (χ1v) is 11.1. The molecule has 1 fully saturated rings. The molecule has 0 saturated carbocycles. The van der Waals surface area contributed by atoms with Crippen molar-refractivity contribution in [1.29, 1.82) is 0 Å². The minimum Gasteiger partial charge on any atom is -0.489 e. The molecule has 4 nitrogen and oxygen atoms in total. The number of rotatable bonds is 7. The van der Waals surface area contributed by atoms with Gasteiger partial charge in [0.05, 0.1) is 13.2 Å². The molecule has 3 aromatic carbocycles. The molecule has 1 aliphatic heterocycles. The largest absolute Gasteiger partial charge is 0.489 e. The van der Waals surface area contributed by atoms with Crippen LogP contribution in [0.15, 0.2) is 71.2 Å². The van der Waals surface area contributed by atoms with Crippen molar-refractivity contribution in [1.82, 2.24) is 0 Å². The van der Waals surface area contributed by atoms with Gasteiger partial charge in [-0.3, -0.25) is 0 Å². The molecule has 1 saturated heterocycles. The van der Waals surface area contributed by atoms with Crippen molar-refractivity contribution in [2.75, 3.05) is 36.5 Å². The van der Waals surface area contributed by atoms with Gasteiger partial charge in [-0.15, -0.1) is 0 Å². The zero-order chi connectivity index (χ0) is 20.8. The maximum Gasteiger partial charge on any atom is 0.124 e. The van der Waals surface area contributed by atoms with Gasteiger partial charge in [0.25, 0.3) is 0 Å². The Hall–Kier alpha value is -2.50. The highest BCUT2D eigenvalue weighted by Gasteiger charge is 2.11. The minimum atomic E-state index is 0.565. The molecule has 5 heteroatoms. The highest BCUT2D eigenvalue weighted by molar-refractivity contribution is 9.10. The van der Waals surface area contributed by atoms with Gasteiger partial charge in [-0.1, -0.05) is 40.2 Å². The first kappa shape index (κ1) is 20.8. The number of anilines is 2. The van der Waals surface area contributed by atoms with E-state index in [-0.39, 0.29) is 0 Å². The van der Waals surface area contributed by atoms with Crippen molar-refractivity contribution in [2.45, 2.75) is 20.1 Å². The smallest absolute Gasteiger partial charge is 0.124 e. The van der Waals surface area contributed by atoms with Gasteiger partial charge in [0.2, 0.25) is 0 Å². The Balaban J connectivity index is 1.40. The van der Waals surface area contributed by atoms with Crippen LogP contribution in [0.2, 0.25) is 0 Å². The molecule has 0 aromatic heterocycles. The number of halogens is 1. The second-order valence-corrected chi connectivity index (χ2v) is 8.38. The number of aryl methyl sites for hydroxylation is 1. The average Bonchev–Trinajstić information content (AvgIpc) is 2.79. The van der Waals surface area contributed by atoms with Gasteiger partial charge in [-0.05, 0) is 60.5 Å². The molecule has 1 aliphatic rings. The number of hydrogen-bond donors (Lipinski definition) is 1. The van der Waals surface area contributed by atoms with E-state index in [1.165, 1.54) is 16.8 Å². The molecule has 0 radical (unpaired) electrons. The molecule has 1 N–H and O–H groups in total. The quantitative estimate of drug-likeness (QED) is 0.477. The fourth-order valence-corrected chi connectivity index (χ4v) is 3.97. The lowest BCUT2D eigenvalue weighted by Gasteiger charge is -2.29. The number of morpholine rings is 1. The number of nitrogens with one attached hydrogen (secondary N) is 1. The van der Waals surface area contributed by atoms with Crippen LogP contribution >= 0.6 is 15.9 Å². The van der Waals surface area contributed by atoms with Gasteiger partial charge in [0.15, 0.2) is 0 Å². The molecule has 0 atom stereocenters. The molecule has 3 aromatic rings. The summed E-state index contributed by atoms with van der Waals surface area (Å²) in [5, 5.41) is 3.52. The summed E-state index contributed by atoms with van der Waals surface area (Å²) >= 11 is 3.58. The molecule has 1 heterocycles. The van der Waals surface area contributed by atoms with E-state index in [2.05, 4.69) is 87.7 Å². The maximum absolute atomic E-state index is 6.17. The lowest BCUT2D eigenvalue weighted by molar-refractivity contribution is 0.122. The Labute approximate surface area is 186 Å². The number of hydrogen-bond acceptors (Lipinski definition) is 4. The monoisotopic (exact) mass is 466 g/mol. The fraction of sp³-hybridized carbons (Fsp3) is 0.280. The molecular formula is C25H27BrN2O2. The predicted molar refractivity (Wildman–Crippen MR) is 126 cm³/mol. The molecule has 4 rings (SSSR count). The summed E-state index contributed by atoms with van der Waals surface area (Å²) in [5.74, 6) is 0.902. The molecule has 30 heavy (non-hydrogen) atoms. The van der Waals surface area contributed by atoms with Gasteiger partial charge < -0.3 is 19.7 Å². The lowest BCUT2D eigenvalue weighted by Crippen LogP contribution is -2.36. The minimum absolute atomic E-state index is 0.565. The van der Waals surface area contributed by atoms with Crippen LogP contribution in [0.1, 0.15) is 16.7 Å². The van der Waals surface area contributed by atoms with Crippen molar-refractivity contribution in [2.24, 2.45) is 0 Å². The topological polar surface area (TPSA) is 33.7 Å². The van der Waals surface area contributed by atoms with Gasteiger partial charge in [-0.25, -0.2) is 0 Å². The van der Waals surface area contributed by atoms with Crippen LogP contribution < -0.4 is 15.0 Å². The van der Waals surface area contributed by atoms with Crippen LogP contribution in [0.25, 0.3) is 0 Å². The second-order valence-electron chi connectivity index (χ2n) is 7.47. The van der Waals surface area contributed by atoms with Gasteiger partial charge in [0.1, 0.15) is 12.4 Å². The Bertz CT molecular complexity index is 969. The third kappa shape index (κ3) is 5.35. The third-order valence-electron chi connectivity index (χ3n) is 5.39. The molecule has 0 unspecified atom stereocenters. The van der Waals surface area contributed by atoms with E-state index in [0.29, 0.717) is 13.2 Å². The molecule has 0 spiro atoms. The summed E-state index contributed by atoms with van der Waals surface area (Å²) in [4.78, 5) is 2.36. The zero-order valence-electron chi connectivity index (χ0n) is 17.2. The molecule has 0 bridgehead atoms. The number of nitrogens with zero attached hydrogens (tertiary/aromatic N) is 1. The third-order valence-corrected chi connectivity index (χ3v) is 5.89. The summed E-state index contributed by atoms with van der Waals surface area (Å²) in [6, 6.07) is 23.1. The molecule has 156 valence electrons. The van der Waals surface area contributed by atoms with E-state index in [9.17, 15) is 0 Å². The van der Waals surface area contributed by atoms with E-state index in [1.807, 2.05) is 12.1 Å². The zero-order valence-corrected chi connectivity index (χ0v) is 18.8. The predicted octanol–water partition coefficient (Wildman–Crippen LogP) is 5.79. The van der Waals surface area contributed by atoms with E-state index in [1.54, 1.807) is 0 Å². The van der Waals surface area contributed by atoms with Crippen LogP contribution in [0.5, 0.6) is 5.75 Å². The molecule has 0 amide bonds. The summed E-state index contributed by atoms with van der Waals surface area (Å²) in [7, 11) is 0. The van der Waals surface area contributed by atoms with Crippen molar-refractivity contribution in [3.05, 3.63) is 87.9 Å². The first-order chi connectivity index (χ1) is 14.7. The van der Waals surface area contributed by atoms with Crippen LogP contribution in [-0.2, 0) is 17.9 Å². The van der Waals surface area contributed by atoms with Crippen LogP contribution in [0.3, 0.4) is 0 Å². The maximum atomic E-state index is 6.17. The standard InChI is InChI=1S/C25H27BrN2O2/c1-19-4-2-3-5-20(19)18-30-25-11-6-22(26)16-21(25)17-27-23-7-9-24(10-8-23)28-12-14-29-15-13-28/h2-11,16,27H,12-15,17-18H2,1H3. The van der Waals surface area contributed by atoms with E-state index in [4.69, 9.17) is 9.47 Å². The number of benzene rings is 3. The summed E-state index contributed by atoms with van der Waals surface area (Å²) < 4.78 is 12.7. The Kier molecular flexibility index (Phi) is 6.92. The number of ether oxygens (including phenoxy) is 2. The van der Waals surface area contributed by atoms with Crippen molar-refractivity contribution in [3.8, 4) is 5.75 Å². The first-order valence-electron chi connectivity index (χ1n) is 10.3. The highest BCUT2D eigenvalue weighted by Crippen LogP contribution is 2.26. The average molecular weight is 467 g/mol.